The third-order valence-electron chi connectivity index (χ3n) is 2.31. The highest BCUT2D eigenvalue weighted by atomic mass is 19.3. The summed E-state index contributed by atoms with van der Waals surface area (Å²) in [5.74, 6) is -1.96. The zero-order valence-electron chi connectivity index (χ0n) is 11.8. The predicted molar refractivity (Wildman–Crippen MR) is 71.6 cm³/mol. The molecule has 4 nitrogen and oxygen atoms in total. The molecule has 0 fully saturated rings. The van der Waals surface area contributed by atoms with Gasteiger partial charge in [-0.3, -0.25) is 5.32 Å². The van der Waals surface area contributed by atoms with E-state index in [2.05, 4.69) is 5.32 Å². The molecule has 1 rings (SSSR count). The summed E-state index contributed by atoms with van der Waals surface area (Å²) >= 11 is 0. The maximum atomic E-state index is 13.1. The average molecular weight is 303 g/mol. The van der Waals surface area contributed by atoms with Gasteiger partial charge in [-0.25, -0.2) is 9.18 Å². The number of nitrogens with one attached hydrogen (secondary N) is 1. The molecule has 2 N–H and O–H groups in total. The number of aliphatic hydroxyl groups excluding tert-OH is 1. The quantitative estimate of drug-likeness (QED) is 0.882. The van der Waals surface area contributed by atoms with E-state index in [-0.39, 0.29) is 11.3 Å². The Labute approximate surface area is 120 Å². The van der Waals surface area contributed by atoms with Gasteiger partial charge in [0.1, 0.15) is 11.7 Å². The van der Waals surface area contributed by atoms with Gasteiger partial charge in [0, 0.05) is 5.56 Å². The van der Waals surface area contributed by atoms with Crippen LogP contribution < -0.4 is 5.32 Å². The number of halogens is 3. The Morgan fingerprint density at radius 3 is 2.33 bits per heavy atom. The first kappa shape index (κ1) is 17.0. The summed E-state index contributed by atoms with van der Waals surface area (Å²) in [5, 5.41) is 11.9. The number of para-hydroxylation sites is 1. The topological polar surface area (TPSA) is 58.6 Å². The van der Waals surface area contributed by atoms with Gasteiger partial charge in [-0.15, -0.1) is 0 Å². The van der Waals surface area contributed by atoms with Crippen LogP contribution in [0, 0.1) is 0 Å². The van der Waals surface area contributed by atoms with Gasteiger partial charge < -0.3 is 9.84 Å². The van der Waals surface area contributed by atoms with Crippen LogP contribution in [-0.4, -0.2) is 16.8 Å². The van der Waals surface area contributed by atoms with Crippen molar-refractivity contribution in [2.75, 3.05) is 5.32 Å². The van der Waals surface area contributed by atoms with Crippen molar-refractivity contribution >= 4 is 11.8 Å². The second-order valence-corrected chi connectivity index (χ2v) is 5.23. The van der Waals surface area contributed by atoms with Crippen LogP contribution >= 0.6 is 0 Å². The van der Waals surface area contributed by atoms with E-state index in [4.69, 9.17) is 4.74 Å². The second-order valence-electron chi connectivity index (χ2n) is 5.23. The molecule has 0 spiro atoms. The van der Waals surface area contributed by atoms with Crippen molar-refractivity contribution < 1.29 is 27.8 Å². The fraction of sp³-hybridized carbons (Fsp3) is 0.357. The summed E-state index contributed by atoms with van der Waals surface area (Å²) in [6.07, 6.45) is -5.62. The highest BCUT2D eigenvalue weighted by molar-refractivity contribution is 5.86. The molecule has 1 amide bonds. The molecule has 0 radical (unpaired) electrons. The molecular weight excluding hydrogens is 287 g/mol. The van der Waals surface area contributed by atoms with E-state index < -0.39 is 29.7 Å². The number of hydrogen-bond acceptors (Lipinski definition) is 3. The summed E-state index contributed by atoms with van der Waals surface area (Å²) in [7, 11) is 0. The molecule has 0 aliphatic rings. The number of ether oxygens (including phenoxy) is 1. The van der Waals surface area contributed by atoms with Crippen molar-refractivity contribution in [3.8, 4) is 0 Å². The Bertz CT molecular complexity index is 549. The van der Waals surface area contributed by atoms with Crippen LogP contribution in [-0.2, 0) is 4.74 Å². The number of benzene rings is 1. The third-order valence-corrected chi connectivity index (χ3v) is 2.31. The van der Waals surface area contributed by atoms with Crippen LogP contribution in [0.15, 0.2) is 36.2 Å². The van der Waals surface area contributed by atoms with Gasteiger partial charge in [-0.1, -0.05) is 18.2 Å². The number of hydrogen-bond donors (Lipinski definition) is 2. The lowest BCUT2D eigenvalue weighted by Crippen LogP contribution is -2.27. The lowest BCUT2D eigenvalue weighted by molar-refractivity contribution is 0.0635. The number of rotatable bonds is 3. The number of anilines is 1. The van der Waals surface area contributed by atoms with E-state index >= 15 is 0 Å². The molecule has 0 bridgehead atoms. The Hall–Kier alpha value is -2.02. The molecular formula is C14H16F3NO3. The smallest absolute Gasteiger partial charge is 0.412 e. The van der Waals surface area contributed by atoms with Gasteiger partial charge in [0.15, 0.2) is 5.83 Å². The molecule has 0 aliphatic heterocycles. The average Bonchev–Trinajstić information content (AvgIpc) is 2.35. The van der Waals surface area contributed by atoms with Crippen LogP contribution in [0.2, 0.25) is 0 Å². The summed E-state index contributed by atoms with van der Waals surface area (Å²) < 4.78 is 42.6. The lowest BCUT2D eigenvalue weighted by Gasteiger charge is -2.21. The van der Waals surface area contributed by atoms with Crippen LogP contribution in [0.3, 0.4) is 0 Å². The summed E-state index contributed by atoms with van der Waals surface area (Å²) in [6, 6.07) is 5.48. The highest BCUT2D eigenvalue weighted by Gasteiger charge is 2.23. The second kappa shape index (κ2) is 6.62. The minimum atomic E-state index is -2.62. The van der Waals surface area contributed by atoms with Crippen LogP contribution in [0.4, 0.5) is 23.7 Å². The SMILES string of the molecule is CC(C)(C)OC(=O)Nc1ccccc1C(O)C(F)=C(F)F. The zero-order valence-corrected chi connectivity index (χ0v) is 11.8. The van der Waals surface area contributed by atoms with Gasteiger partial charge in [0.05, 0.1) is 5.69 Å². The first-order valence-corrected chi connectivity index (χ1v) is 6.09. The normalized spacial score (nSPS) is 12.5. The number of amides is 1. The van der Waals surface area contributed by atoms with Gasteiger partial charge in [0.25, 0.3) is 0 Å². The molecule has 0 heterocycles. The minimum absolute atomic E-state index is 0.0179. The molecule has 1 aromatic rings. The van der Waals surface area contributed by atoms with Gasteiger partial charge in [-0.05, 0) is 26.8 Å². The first-order chi connectivity index (χ1) is 9.61. The van der Waals surface area contributed by atoms with Gasteiger partial charge >= 0.3 is 12.2 Å². The number of carbonyl (C=O) groups is 1. The van der Waals surface area contributed by atoms with Gasteiger partial charge in [-0.2, -0.15) is 8.78 Å². The molecule has 1 atom stereocenters. The predicted octanol–water partition coefficient (Wildman–Crippen LogP) is 4.14. The van der Waals surface area contributed by atoms with Crippen molar-refractivity contribution in [1.29, 1.82) is 0 Å². The van der Waals surface area contributed by atoms with E-state index in [1.54, 1.807) is 20.8 Å². The Morgan fingerprint density at radius 1 is 1.24 bits per heavy atom. The van der Waals surface area contributed by atoms with Crippen molar-refractivity contribution in [1.82, 2.24) is 0 Å². The molecule has 0 aromatic heterocycles. The fourth-order valence-corrected chi connectivity index (χ4v) is 1.50. The molecule has 0 saturated carbocycles. The summed E-state index contributed by atoms with van der Waals surface area (Å²) in [6.45, 7) is 4.94. The van der Waals surface area contributed by atoms with Crippen LogP contribution in [0.1, 0.15) is 32.4 Å². The number of aliphatic hydroxyl groups is 1. The van der Waals surface area contributed by atoms with E-state index in [0.717, 1.165) is 0 Å². The Balaban J connectivity index is 3.00. The molecule has 1 unspecified atom stereocenters. The summed E-state index contributed by atoms with van der Waals surface area (Å²) in [5.41, 5.74) is -0.974. The molecule has 1 aromatic carbocycles. The monoisotopic (exact) mass is 303 g/mol. The van der Waals surface area contributed by atoms with Crippen LogP contribution in [0.25, 0.3) is 0 Å². The third kappa shape index (κ3) is 5.11. The van der Waals surface area contributed by atoms with E-state index in [0.29, 0.717) is 0 Å². The number of carbonyl (C=O) groups excluding carboxylic acids is 1. The van der Waals surface area contributed by atoms with Crippen molar-refractivity contribution in [2.24, 2.45) is 0 Å². The first-order valence-electron chi connectivity index (χ1n) is 6.09. The summed E-state index contributed by atoms with van der Waals surface area (Å²) in [4.78, 5) is 11.6. The standard InChI is InChI=1S/C14H16F3NO3/c1-14(2,3)21-13(20)18-9-7-5-4-6-8(9)11(19)10(15)12(16)17/h4-7,11,19H,1-3H3,(H,18,20). The van der Waals surface area contributed by atoms with Crippen molar-refractivity contribution in [3.05, 3.63) is 41.7 Å². The fourth-order valence-electron chi connectivity index (χ4n) is 1.50. The van der Waals surface area contributed by atoms with Gasteiger partial charge in [0.2, 0.25) is 0 Å². The molecule has 21 heavy (non-hydrogen) atoms. The lowest BCUT2D eigenvalue weighted by atomic mass is 10.1. The van der Waals surface area contributed by atoms with E-state index in [1.165, 1.54) is 24.3 Å². The van der Waals surface area contributed by atoms with Crippen molar-refractivity contribution in [2.45, 2.75) is 32.5 Å². The molecule has 7 heteroatoms. The van der Waals surface area contributed by atoms with Crippen molar-refractivity contribution in [3.63, 3.8) is 0 Å². The molecule has 0 aliphatic carbocycles. The van der Waals surface area contributed by atoms with E-state index in [9.17, 15) is 23.1 Å². The molecule has 0 saturated heterocycles. The van der Waals surface area contributed by atoms with E-state index in [1.807, 2.05) is 0 Å². The minimum Gasteiger partial charge on any atom is -0.444 e. The highest BCUT2D eigenvalue weighted by Crippen LogP contribution is 2.31. The Kier molecular flexibility index (Phi) is 5.37. The maximum absolute atomic E-state index is 13.1. The zero-order chi connectivity index (χ0) is 16.2. The maximum Gasteiger partial charge on any atom is 0.412 e. The van der Waals surface area contributed by atoms with Crippen LogP contribution in [0.5, 0.6) is 0 Å². The Morgan fingerprint density at radius 2 is 1.81 bits per heavy atom. The largest absolute Gasteiger partial charge is 0.444 e. The molecule has 116 valence electrons.